The summed E-state index contributed by atoms with van der Waals surface area (Å²) in [7, 11) is 1.67. The van der Waals surface area contributed by atoms with E-state index in [1.807, 2.05) is 48.7 Å². The second-order valence-electron chi connectivity index (χ2n) is 7.92. The number of likely N-dealkylation sites (N-methyl/N-ethyl adjacent to an activating group) is 1. The summed E-state index contributed by atoms with van der Waals surface area (Å²) < 4.78 is 29.6. The van der Waals surface area contributed by atoms with Crippen LogP contribution in [-0.4, -0.2) is 29.0 Å². The van der Waals surface area contributed by atoms with E-state index in [1.54, 1.807) is 18.9 Å². The van der Waals surface area contributed by atoms with E-state index >= 15 is 0 Å². The lowest BCUT2D eigenvalue weighted by molar-refractivity contribution is -0.117. The molecule has 0 bridgehead atoms. The van der Waals surface area contributed by atoms with E-state index in [-0.39, 0.29) is 18.0 Å². The monoisotopic (exact) mass is 436 g/mol. The number of carbonyl (C=O) groups is 1. The summed E-state index contributed by atoms with van der Waals surface area (Å²) in [6, 6.07) is 14.7. The van der Waals surface area contributed by atoms with E-state index in [1.165, 1.54) is 0 Å². The van der Waals surface area contributed by atoms with Gasteiger partial charge in [-0.1, -0.05) is 30.3 Å². The topological polar surface area (TPSA) is 61.1 Å². The molecule has 0 saturated carbocycles. The van der Waals surface area contributed by atoms with Gasteiger partial charge in [-0.2, -0.15) is 5.26 Å². The van der Waals surface area contributed by atoms with Crippen LogP contribution in [0.5, 0.6) is 0 Å². The van der Waals surface area contributed by atoms with Gasteiger partial charge < -0.3 is 9.88 Å². The molecule has 0 fully saturated rings. The molecule has 0 aliphatic heterocycles. The molecule has 1 aromatic heterocycles. The number of nitrogens with one attached hydrogen (secondary N) is 1. The quantitative estimate of drug-likeness (QED) is 0.571. The first-order valence-electron chi connectivity index (χ1n) is 10.3. The van der Waals surface area contributed by atoms with E-state index in [9.17, 15) is 18.8 Å². The van der Waals surface area contributed by atoms with E-state index in [4.69, 9.17) is 0 Å². The summed E-state index contributed by atoms with van der Waals surface area (Å²) in [5.41, 5.74) is 3.33. The Kier molecular flexibility index (Phi) is 7.06. The molecule has 0 radical (unpaired) electrons. The molecule has 1 atom stereocenters. The fraction of sp³-hybridized carbons (Fsp3) is 0.280. The zero-order valence-corrected chi connectivity index (χ0v) is 18.6. The predicted molar refractivity (Wildman–Crippen MR) is 120 cm³/mol. The summed E-state index contributed by atoms with van der Waals surface area (Å²) in [5, 5.41) is 12.6. The van der Waals surface area contributed by atoms with Gasteiger partial charge in [-0.3, -0.25) is 9.69 Å². The molecule has 3 rings (SSSR count). The maximum Gasteiger partial charge on any atom is 0.239 e. The van der Waals surface area contributed by atoms with E-state index in [0.717, 1.165) is 35.0 Å². The Bertz CT molecular complexity index is 1160. The van der Waals surface area contributed by atoms with Crippen molar-refractivity contribution in [1.82, 2.24) is 9.47 Å². The Morgan fingerprint density at radius 2 is 1.88 bits per heavy atom. The smallest absolute Gasteiger partial charge is 0.239 e. The second-order valence-corrected chi connectivity index (χ2v) is 7.92. The maximum absolute atomic E-state index is 14.1. The standard InChI is InChI=1S/C25H26F2N4O/c1-16-17(2)31(14-19-8-6-5-7-9-19)25(22(16)13-28)29-24(32)15-30(4)18(3)21-12-20(26)10-11-23(21)27/h5-12,18H,14-15H2,1-4H3,(H,29,32). The number of hydrogen-bond acceptors (Lipinski definition) is 3. The average molecular weight is 437 g/mol. The summed E-state index contributed by atoms with van der Waals surface area (Å²) in [4.78, 5) is 14.5. The van der Waals surface area contributed by atoms with Crippen molar-refractivity contribution in [1.29, 1.82) is 5.26 Å². The molecule has 0 spiro atoms. The molecule has 1 amide bonds. The normalized spacial score (nSPS) is 11.9. The molecular weight excluding hydrogens is 410 g/mol. The third-order valence-electron chi connectivity index (χ3n) is 5.84. The molecule has 32 heavy (non-hydrogen) atoms. The molecular formula is C25H26F2N4O. The maximum atomic E-state index is 14.1. The van der Waals surface area contributed by atoms with Crippen LogP contribution in [0.4, 0.5) is 14.6 Å². The lowest BCUT2D eigenvalue weighted by atomic mass is 10.1. The number of hydrogen-bond donors (Lipinski definition) is 1. The summed E-state index contributed by atoms with van der Waals surface area (Å²) >= 11 is 0. The predicted octanol–water partition coefficient (Wildman–Crippen LogP) is 4.93. The van der Waals surface area contributed by atoms with Crippen LogP contribution in [0.3, 0.4) is 0 Å². The van der Waals surface area contributed by atoms with Crippen molar-refractivity contribution in [3.05, 3.63) is 88.1 Å². The summed E-state index contributed by atoms with van der Waals surface area (Å²) in [6.07, 6.45) is 0. The van der Waals surface area contributed by atoms with Crippen molar-refractivity contribution in [3.8, 4) is 6.07 Å². The van der Waals surface area contributed by atoms with E-state index in [0.29, 0.717) is 17.9 Å². The van der Waals surface area contributed by atoms with Crippen LogP contribution in [0.25, 0.3) is 0 Å². The number of anilines is 1. The Labute approximate surface area is 186 Å². The zero-order chi connectivity index (χ0) is 23.4. The molecule has 0 aliphatic carbocycles. The van der Waals surface area contributed by atoms with Gasteiger partial charge in [-0.05, 0) is 57.1 Å². The SMILES string of the molecule is Cc1c(C#N)c(NC(=O)CN(C)C(C)c2cc(F)ccc2F)n(Cc2ccccc2)c1C. The fourth-order valence-corrected chi connectivity index (χ4v) is 3.70. The molecule has 1 heterocycles. The average Bonchev–Trinajstić information content (AvgIpc) is 2.99. The molecule has 1 N–H and O–H groups in total. The Morgan fingerprint density at radius 1 is 1.19 bits per heavy atom. The zero-order valence-electron chi connectivity index (χ0n) is 18.6. The van der Waals surface area contributed by atoms with Gasteiger partial charge in [0.15, 0.2) is 0 Å². The molecule has 2 aromatic carbocycles. The Hall–Kier alpha value is -3.50. The number of amides is 1. The van der Waals surface area contributed by atoms with Crippen LogP contribution < -0.4 is 5.32 Å². The van der Waals surface area contributed by atoms with Gasteiger partial charge in [-0.15, -0.1) is 0 Å². The fourth-order valence-electron chi connectivity index (χ4n) is 3.70. The van der Waals surface area contributed by atoms with E-state index < -0.39 is 17.7 Å². The van der Waals surface area contributed by atoms with Crippen molar-refractivity contribution in [2.45, 2.75) is 33.4 Å². The van der Waals surface area contributed by atoms with Crippen molar-refractivity contribution in [2.75, 3.05) is 18.9 Å². The van der Waals surface area contributed by atoms with Crippen molar-refractivity contribution in [2.24, 2.45) is 0 Å². The molecule has 7 heteroatoms. The molecule has 166 valence electrons. The number of rotatable bonds is 7. The molecule has 3 aromatic rings. The third-order valence-corrected chi connectivity index (χ3v) is 5.84. The number of carbonyl (C=O) groups excluding carboxylic acids is 1. The first-order chi connectivity index (χ1) is 15.2. The first-order valence-corrected chi connectivity index (χ1v) is 10.3. The first kappa shape index (κ1) is 23.2. The summed E-state index contributed by atoms with van der Waals surface area (Å²) in [5.74, 6) is -0.968. The van der Waals surface area contributed by atoms with Gasteiger partial charge in [0.2, 0.25) is 5.91 Å². The third kappa shape index (κ3) is 4.87. The number of aromatic nitrogens is 1. The van der Waals surface area contributed by atoms with Crippen LogP contribution in [0.2, 0.25) is 0 Å². The highest BCUT2D eigenvalue weighted by molar-refractivity contribution is 5.93. The van der Waals surface area contributed by atoms with Crippen LogP contribution in [0.1, 0.15) is 40.9 Å². The largest absolute Gasteiger partial charge is 0.326 e. The van der Waals surface area contributed by atoms with Gasteiger partial charge in [0, 0.05) is 23.8 Å². The van der Waals surface area contributed by atoms with Crippen molar-refractivity contribution < 1.29 is 13.6 Å². The van der Waals surface area contributed by atoms with Crippen LogP contribution >= 0.6 is 0 Å². The van der Waals surface area contributed by atoms with Crippen molar-refractivity contribution in [3.63, 3.8) is 0 Å². The highest BCUT2D eigenvalue weighted by Gasteiger charge is 2.22. The van der Waals surface area contributed by atoms with Crippen molar-refractivity contribution >= 4 is 11.7 Å². The van der Waals surface area contributed by atoms with Crippen LogP contribution in [-0.2, 0) is 11.3 Å². The highest BCUT2D eigenvalue weighted by Crippen LogP contribution is 2.28. The molecule has 5 nitrogen and oxygen atoms in total. The van der Waals surface area contributed by atoms with Gasteiger partial charge >= 0.3 is 0 Å². The number of benzene rings is 2. The van der Waals surface area contributed by atoms with Gasteiger partial charge in [-0.25, -0.2) is 8.78 Å². The lowest BCUT2D eigenvalue weighted by Crippen LogP contribution is -2.33. The van der Waals surface area contributed by atoms with E-state index in [2.05, 4.69) is 11.4 Å². The van der Waals surface area contributed by atoms with Gasteiger partial charge in [0.25, 0.3) is 0 Å². The molecule has 0 saturated heterocycles. The minimum atomic E-state index is -0.533. The van der Waals surface area contributed by atoms with Crippen LogP contribution in [0, 0.1) is 36.8 Å². The number of nitrogens with zero attached hydrogens (tertiary/aromatic N) is 3. The Morgan fingerprint density at radius 3 is 2.53 bits per heavy atom. The highest BCUT2D eigenvalue weighted by atomic mass is 19.1. The minimum Gasteiger partial charge on any atom is -0.326 e. The molecule has 0 aliphatic rings. The minimum absolute atomic E-state index is 0.0589. The lowest BCUT2D eigenvalue weighted by Gasteiger charge is -2.25. The molecule has 1 unspecified atom stereocenters. The second kappa shape index (κ2) is 9.75. The van der Waals surface area contributed by atoms with Gasteiger partial charge in [0.1, 0.15) is 23.5 Å². The summed E-state index contributed by atoms with van der Waals surface area (Å²) in [6.45, 7) is 5.92. The van der Waals surface area contributed by atoms with Crippen LogP contribution in [0.15, 0.2) is 48.5 Å². The Balaban J connectivity index is 1.82. The number of halogens is 2. The van der Waals surface area contributed by atoms with Gasteiger partial charge in [0.05, 0.1) is 12.1 Å². The number of nitriles is 1.